The summed E-state index contributed by atoms with van der Waals surface area (Å²) in [6.45, 7) is 9.31. The first kappa shape index (κ1) is 14.0. The molecule has 2 aliphatic rings. The van der Waals surface area contributed by atoms with E-state index in [9.17, 15) is 0 Å². The van der Waals surface area contributed by atoms with Gasteiger partial charge >= 0.3 is 0 Å². The third kappa shape index (κ3) is 3.80. The molecule has 2 aliphatic heterocycles. The molecule has 0 bridgehead atoms. The minimum atomic E-state index is 0.667. The van der Waals surface area contributed by atoms with Crippen molar-refractivity contribution < 1.29 is 4.74 Å². The average molecular weight is 271 g/mol. The summed E-state index contributed by atoms with van der Waals surface area (Å²) >= 11 is 5.45. The van der Waals surface area contributed by atoms with E-state index >= 15 is 0 Å². The molecule has 0 spiro atoms. The Kier molecular flexibility index (Phi) is 5.66. The van der Waals surface area contributed by atoms with Crippen LogP contribution in [0.2, 0.25) is 0 Å². The summed E-state index contributed by atoms with van der Waals surface area (Å²) in [4.78, 5) is 4.88. The number of rotatable bonds is 4. The molecule has 1 unspecified atom stereocenters. The first-order valence-electron chi connectivity index (χ1n) is 7.16. The second-order valence-electron chi connectivity index (χ2n) is 5.12. The zero-order chi connectivity index (χ0) is 12.8. The molecule has 0 aromatic heterocycles. The second kappa shape index (κ2) is 7.26. The maximum Gasteiger partial charge on any atom is 0.168 e. The molecule has 2 rings (SSSR count). The Morgan fingerprint density at radius 3 is 2.83 bits per heavy atom. The molecule has 1 atom stereocenters. The summed E-state index contributed by atoms with van der Waals surface area (Å²) < 4.78 is 5.41. The van der Waals surface area contributed by atoms with Gasteiger partial charge < -0.3 is 15.0 Å². The molecule has 2 heterocycles. The number of unbranched alkanes of at least 4 members (excludes halogenated alkanes) is 1. The third-order valence-electron chi connectivity index (χ3n) is 3.82. The maximum atomic E-state index is 5.45. The first-order valence-corrected chi connectivity index (χ1v) is 7.56. The van der Waals surface area contributed by atoms with E-state index in [4.69, 9.17) is 17.0 Å². The van der Waals surface area contributed by atoms with Crippen LogP contribution in [-0.2, 0) is 4.74 Å². The van der Waals surface area contributed by atoms with Gasteiger partial charge in [-0.2, -0.15) is 0 Å². The van der Waals surface area contributed by atoms with Crippen molar-refractivity contribution in [1.82, 2.24) is 15.1 Å². The summed E-state index contributed by atoms with van der Waals surface area (Å²) in [6.07, 6.45) is 3.64. The number of hydrogen-bond acceptors (Lipinski definition) is 3. The quantitative estimate of drug-likeness (QED) is 0.610. The summed E-state index contributed by atoms with van der Waals surface area (Å²) in [5, 5.41) is 4.31. The fraction of sp³-hybridized carbons (Fsp3) is 0.923. The Labute approximate surface area is 116 Å². The molecule has 0 radical (unpaired) electrons. The molecule has 1 N–H and O–H groups in total. The highest BCUT2D eigenvalue weighted by atomic mass is 32.1. The molecule has 104 valence electrons. The predicted molar refractivity (Wildman–Crippen MR) is 77.9 cm³/mol. The van der Waals surface area contributed by atoms with Crippen LogP contribution in [0.15, 0.2) is 0 Å². The lowest BCUT2D eigenvalue weighted by Crippen LogP contribution is -2.46. The van der Waals surface area contributed by atoms with E-state index in [2.05, 4.69) is 22.0 Å². The van der Waals surface area contributed by atoms with Crippen molar-refractivity contribution in [3.63, 3.8) is 0 Å². The zero-order valence-corrected chi connectivity index (χ0v) is 12.2. The van der Waals surface area contributed by atoms with Crippen LogP contribution in [0.1, 0.15) is 26.2 Å². The van der Waals surface area contributed by atoms with Crippen molar-refractivity contribution >= 4 is 17.3 Å². The summed E-state index contributed by atoms with van der Waals surface area (Å²) in [5.74, 6) is 0. The Hall–Kier alpha value is -0.390. The van der Waals surface area contributed by atoms with Gasteiger partial charge in [-0.05, 0) is 25.1 Å². The lowest BCUT2D eigenvalue weighted by Gasteiger charge is -2.32. The smallest absolute Gasteiger partial charge is 0.168 e. The molecule has 0 aromatic rings. The van der Waals surface area contributed by atoms with Crippen LogP contribution in [-0.4, -0.2) is 66.9 Å². The summed E-state index contributed by atoms with van der Waals surface area (Å²) in [7, 11) is 0. The largest absolute Gasteiger partial charge is 0.379 e. The van der Waals surface area contributed by atoms with Crippen LogP contribution >= 0.6 is 12.2 Å². The number of ether oxygens (including phenoxy) is 1. The minimum absolute atomic E-state index is 0.667. The van der Waals surface area contributed by atoms with Gasteiger partial charge in [0.05, 0.1) is 13.2 Å². The molecule has 0 amide bonds. The highest BCUT2D eigenvalue weighted by molar-refractivity contribution is 7.80. The molecule has 18 heavy (non-hydrogen) atoms. The van der Waals surface area contributed by atoms with Gasteiger partial charge in [-0.15, -0.1) is 0 Å². The lowest BCUT2D eigenvalue weighted by molar-refractivity contribution is 0.0195. The van der Waals surface area contributed by atoms with E-state index < -0.39 is 0 Å². The van der Waals surface area contributed by atoms with Crippen molar-refractivity contribution in [1.29, 1.82) is 0 Å². The van der Waals surface area contributed by atoms with Gasteiger partial charge in [0.2, 0.25) is 0 Å². The molecule has 2 saturated heterocycles. The van der Waals surface area contributed by atoms with Crippen molar-refractivity contribution in [2.75, 3.05) is 45.9 Å². The monoisotopic (exact) mass is 271 g/mol. The predicted octanol–water partition coefficient (Wildman–Crippen LogP) is 1.07. The standard InChI is InChI=1S/C13H25N3OS/c1-2-3-5-14-13(18)16-6-4-12(11-16)15-7-9-17-10-8-15/h12H,2-11H2,1H3,(H,14,18). The fourth-order valence-electron chi connectivity index (χ4n) is 2.65. The molecule has 2 fully saturated rings. The van der Waals surface area contributed by atoms with Gasteiger partial charge in [-0.3, -0.25) is 4.90 Å². The van der Waals surface area contributed by atoms with Crippen LogP contribution in [0.4, 0.5) is 0 Å². The first-order chi connectivity index (χ1) is 8.81. The van der Waals surface area contributed by atoms with Gasteiger partial charge in [0.25, 0.3) is 0 Å². The number of nitrogens with one attached hydrogen (secondary N) is 1. The van der Waals surface area contributed by atoms with Crippen LogP contribution in [0.25, 0.3) is 0 Å². The maximum absolute atomic E-state index is 5.45. The van der Waals surface area contributed by atoms with E-state index in [0.717, 1.165) is 51.0 Å². The normalized spacial score (nSPS) is 25.4. The van der Waals surface area contributed by atoms with E-state index in [1.165, 1.54) is 19.3 Å². The third-order valence-corrected chi connectivity index (χ3v) is 4.22. The Bertz CT molecular complexity index is 269. The topological polar surface area (TPSA) is 27.7 Å². The van der Waals surface area contributed by atoms with E-state index in [-0.39, 0.29) is 0 Å². The molecule has 4 nitrogen and oxygen atoms in total. The van der Waals surface area contributed by atoms with Crippen molar-refractivity contribution in [3.05, 3.63) is 0 Å². The molecule has 0 saturated carbocycles. The van der Waals surface area contributed by atoms with Crippen molar-refractivity contribution in [2.24, 2.45) is 0 Å². The lowest BCUT2D eigenvalue weighted by atomic mass is 10.2. The summed E-state index contributed by atoms with van der Waals surface area (Å²) in [6, 6.07) is 0.667. The van der Waals surface area contributed by atoms with Crippen molar-refractivity contribution in [2.45, 2.75) is 32.2 Å². The van der Waals surface area contributed by atoms with Crippen LogP contribution in [0, 0.1) is 0 Å². The Morgan fingerprint density at radius 2 is 2.11 bits per heavy atom. The zero-order valence-electron chi connectivity index (χ0n) is 11.4. The fourth-order valence-corrected chi connectivity index (χ4v) is 2.92. The Morgan fingerprint density at radius 1 is 1.33 bits per heavy atom. The van der Waals surface area contributed by atoms with Gasteiger partial charge in [-0.1, -0.05) is 13.3 Å². The number of hydrogen-bond donors (Lipinski definition) is 1. The molecular formula is C13H25N3OS. The average Bonchev–Trinajstić information content (AvgIpc) is 2.89. The number of likely N-dealkylation sites (tertiary alicyclic amines) is 1. The van der Waals surface area contributed by atoms with Crippen LogP contribution in [0.5, 0.6) is 0 Å². The highest BCUT2D eigenvalue weighted by Crippen LogP contribution is 2.16. The van der Waals surface area contributed by atoms with Crippen molar-refractivity contribution in [3.8, 4) is 0 Å². The number of morpholine rings is 1. The SMILES string of the molecule is CCCCNC(=S)N1CCC(N2CCOCC2)C1. The second-order valence-corrected chi connectivity index (χ2v) is 5.51. The van der Waals surface area contributed by atoms with Crippen LogP contribution < -0.4 is 5.32 Å². The van der Waals surface area contributed by atoms with Gasteiger partial charge in [0.15, 0.2) is 5.11 Å². The molecular weight excluding hydrogens is 246 g/mol. The van der Waals surface area contributed by atoms with E-state index in [1.54, 1.807) is 0 Å². The molecule has 0 aromatic carbocycles. The van der Waals surface area contributed by atoms with E-state index in [0.29, 0.717) is 6.04 Å². The van der Waals surface area contributed by atoms with Gasteiger partial charge in [-0.25, -0.2) is 0 Å². The van der Waals surface area contributed by atoms with Gasteiger partial charge in [0.1, 0.15) is 0 Å². The molecule has 0 aliphatic carbocycles. The molecule has 5 heteroatoms. The highest BCUT2D eigenvalue weighted by Gasteiger charge is 2.29. The van der Waals surface area contributed by atoms with E-state index in [1.807, 2.05) is 0 Å². The number of thiocarbonyl (C=S) groups is 1. The summed E-state index contributed by atoms with van der Waals surface area (Å²) in [5.41, 5.74) is 0. The minimum Gasteiger partial charge on any atom is -0.379 e. The Balaban J connectivity index is 1.71. The number of nitrogens with zero attached hydrogens (tertiary/aromatic N) is 2. The van der Waals surface area contributed by atoms with Crippen LogP contribution in [0.3, 0.4) is 0 Å². The van der Waals surface area contributed by atoms with Gasteiger partial charge in [0, 0.05) is 38.8 Å².